The van der Waals surface area contributed by atoms with Crippen molar-refractivity contribution >= 4 is 11.8 Å². The van der Waals surface area contributed by atoms with Gasteiger partial charge in [-0.1, -0.05) is 18.2 Å². The van der Waals surface area contributed by atoms with Crippen LogP contribution in [0, 0.1) is 5.92 Å². The Morgan fingerprint density at radius 3 is 3.07 bits per heavy atom. The number of tetrazole rings is 1. The Morgan fingerprint density at radius 1 is 1.57 bits per heavy atom. The van der Waals surface area contributed by atoms with Crippen molar-refractivity contribution in [3.05, 3.63) is 0 Å². The van der Waals surface area contributed by atoms with Gasteiger partial charge in [-0.25, -0.2) is 4.68 Å². The zero-order valence-electron chi connectivity index (χ0n) is 8.26. The van der Waals surface area contributed by atoms with Gasteiger partial charge in [0.25, 0.3) is 0 Å². The van der Waals surface area contributed by atoms with Gasteiger partial charge in [0.05, 0.1) is 0 Å². The van der Waals surface area contributed by atoms with Crippen LogP contribution in [-0.4, -0.2) is 32.0 Å². The third-order valence-corrected chi connectivity index (χ3v) is 4.21. The fraction of sp³-hybridized carbons (Fsp3) is 0.875. The van der Waals surface area contributed by atoms with Crippen LogP contribution in [0.25, 0.3) is 0 Å². The Labute approximate surface area is 87.4 Å². The molecule has 1 aromatic heterocycles. The molecule has 1 aliphatic rings. The number of thioether (sulfide) groups is 1. The molecule has 0 aliphatic heterocycles. The Balaban J connectivity index is 2.00. The van der Waals surface area contributed by atoms with E-state index < -0.39 is 0 Å². The molecule has 0 saturated heterocycles. The first-order chi connectivity index (χ1) is 6.81. The molecular weight excluding hydrogens is 198 g/mol. The molecule has 2 unspecified atom stereocenters. The molecule has 0 radical (unpaired) electrons. The Bertz CT molecular complexity index is 300. The Morgan fingerprint density at radius 2 is 2.43 bits per heavy atom. The maximum atomic E-state index is 5.72. The van der Waals surface area contributed by atoms with Gasteiger partial charge in [0.15, 0.2) is 0 Å². The van der Waals surface area contributed by atoms with Crippen LogP contribution in [0.4, 0.5) is 0 Å². The second-order valence-electron chi connectivity index (χ2n) is 3.67. The van der Waals surface area contributed by atoms with Crippen molar-refractivity contribution in [2.24, 2.45) is 18.7 Å². The van der Waals surface area contributed by atoms with Crippen molar-refractivity contribution in [3.8, 4) is 0 Å². The summed E-state index contributed by atoms with van der Waals surface area (Å²) in [6.45, 7) is 0.781. The van der Waals surface area contributed by atoms with E-state index >= 15 is 0 Å². The average Bonchev–Trinajstić information content (AvgIpc) is 2.77. The summed E-state index contributed by atoms with van der Waals surface area (Å²) in [5.41, 5.74) is 5.72. The van der Waals surface area contributed by atoms with Crippen LogP contribution in [0.1, 0.15) is 19.3 Å². The van der Waals surface area contributed by atoms with Gasteiger partial charge in [0.2, 0.25) is 5.16 Å². The summed E-state index contributed by atoms with van der Waals surface area (Å²) in [4.78, 5) is 0. The Hall–Kier alpha value is -0.620. The summed E-state index contributed by atoms with van der Waals surface area (Å²) in [7, 11) is 1.87. The number of aryl methyl sites for hydroxylation is 1. The molecule has 2 atom stereocenters. The zero-order valence-corrected chi connectivity index (χ0v) is 9.07. The monoisotopic (exact) mass is 213 g/mol. The molecule has 0 bridgehead atoms. The lowest BCUT2D eigenvalue weighted by molar-refractivity contribution is 0.570. The predicted molar refractivity (Wildman–Crippen MR) is 54.8 cm³/mol. The predicted octanol–water partition coefficient (Wildman–Crippen LogP) is 0.430. The van der Waals surface area contributed by atoms with Crippen LogP contribution < -0.4 is 5.73 Å². The standard InChI is InChI=1S/C8H15N5S/c1-13-8(10-11-12-13)14-7-4-2-3-6(7)5-9/h6-7H,2-5,9H2,1H3. The highest BCUT2D eigenvalue weighted by Crippen LogP contribution is 2.37. The molecule has 78 valence electrons. The lowest BCUT2D eigenvalue weighted by atomic mass is 10.1. The van der Waals surface area contributed by atoms with Gasteiger partial charge < -0.3 is 5.73 Å². The highest BCUT2D eigenvalue weighted by atomic mass is 32.2. The van der Waals surface area contributed by atoms with Crippen LogP contribution in [-0.2, 0) is 7.05 Å². The summed E-state index contributed by atoms with van der Waals surface area (Å²) in [6.07, 6.45) is 3.77. The lowest BCUT2D eigenvalue weighted by Gasteiger charge is -2.15. The van der Waals surface area contributed by atoms with E-state index in [2.05, 4.69) is 15.5 Å². The smallest absolute Gasteiger partial charge is 0.209 e. The van der Waals surface area contributed by atoms with Gasteiger partial charge in [-0.15, -0.1) is 5.10 Å². The molecule has 2 rings (SSSR count). The number of aromatic nitrogens is 4. The molecule has 2 N–H and O–H groups in total. The molecule has 1 aromatic rings. The minimum atomic E-state index is 0.602. The van der Waals surface area contributed by atoms with E-state index in [4.69, 9.17) is 5.73 Å². The molecule has 0 amide bonds. The van der Waals surface area contributed by atoms with Crippen LogP contribution in [0.5, 0.6) is 0 Å². The Kier molecular flexibility index (Phi) is 3.02. The van der Waals surface area contributed by atoms with E-state index in [1.807, 2.05) is 7.05 Å². The summed E-state index contributed by atoms with van der Waals surface area (Å²) in [5, 5.41) is 12.9. The van der Waals surface area contributed by atoms with E-state index in [0.717, 1.165) is 11.7 Å². The second-order valence-corrected chi connectivity index (χ2v) is 4.87. The SMILES string of the molecule is Cn1nnnc1SC1CCCC1CN. The number of hydrogen-bond donors (Lipinski definition) is 1. The number of nitrogens with two attached hydrogens (primary N) is 1. The van der Waals surface area contributed by atoms with Crippen molar-refractivity contribution in [1.29, 1.82) is 0 Å². The molecule has 0 spiro atoms. The van der Waals surface area contributed by atoms with Crippen LogP contribution in [0.3, 0.4) is 0 Å². The second kappa shape index (κ2) is 4.27. The maximum Gasteiger partial charge on any atom is 0.209 e. The van der Waals surface area contributed by atoms with Crippen LogP contribution >= 0.6 is 11.8 Å². The van der Waals surface area contributed by atoms with E-state index in [9.17, 15) is 0 Å². The summed E-state index contributed by atoms with van der Waals surface area (Å²) in [6, 6.07) is 0. The molecule has 1 saturated carbocycles. The fourth-order valence-electron chi connectivity index (χ4n) is 1.88. The van der Waals surface area contributed by atoms with Crippen molar-refractivity contribution in [2.45, 2.75) is 29.7 Å². The van der Waals surface area contributed by atoms with E-state index in [1.54, 1.807) is 16.4 Å². The first kappa shape index (κ1) is 9.92. The first-order valence-corrected chi connectivity index (χ1v) is 5.78. The highest BCUT2D eigenvalue weighted by molar-refractivity contribution is 7.99. The van der Waals surface area contributed by atoms with Gasteiger partial charge >= 0.3 is 0 Å². The summed E-state index contributed by atoms with van der Waals surface area (Å²) < 4.78 is 1.72. The molecular formula is C8H15N5S. The fourth-order valence-corrected chi connectivity index (χ4v) is 3.15. The molecule has 5 nitrogen and oxygen atoms in total. The van der Waals surface area contributed by atoms with E-state index in [0.29, 0.717) is 11.2 Å². The average molecular weight is 213 g/mol. The number of rotatable bonds is 3. The topological polar surface area (TPSA) is 69.6 Å². The van der Waals surface area contributed by atoms with Crippen molar-refractivity contribution < 1.29 is 0 Å². The maximum absolute atomic E-state index is 5.72. The molecule has 1 heterocycles. The quantitative estimate of drug-likeness (QED) is 0.788. The minimum Gasteiger partial charge on any atom is -0.330 e. The summed E-state index contributed by atoms with van der Waals surface area (Å²) in [5.74, 6) is 0.636. The van der Waals surface area contributed by atoms with Gasteiger partial charge in [-0.2, -0.15) is 0 Å². The molecule has 1 fully saturated rings. The van der Waals surface area contributed by atoms with Crippen LogP contribution in [0.15, 0.2) is 5.16 Å². The normalized spacial score (nSPS) is 27.0. The molecule has 0 aromatic carbocycles. The number of hydrogen-bond acceptors (Lipinski definition) is 5. The van der Waals surface area contributed by atoms with Crippen molar-refractivity contribution in [1.82, 2.24) is 20.2 Å². The summed E-state index contributed by atoms with van der Waals surface area (Å²) >= 11 is 1.76. The zero-order chi connectivity index (χ0) is 9.97. The minimum absolute atomic E-state index is 0.602. The third kappa shape index (κ3) is 1.90. The van der Waals surface area contributed by atoms with Crippen LogP contribution in [0.2, 0.25) is 0 Å². The van der Waals surface area contributed by atoms with Gasteiger partial charge in [-0.3, -0.25) is 0 Å². The first-order valence-electron chi connectivity index (χ1n) is 4.90. The third-order valence-electron chi connectivity index (χ3n) is 2.73. The van der Waals surface area contributed by atoms with Gasteiger partial charge in [0, 0.05) is 12.3 Å². The van der Waals surface area contributed by atoms with Gasteiger partial charge in [-0.05, 0) is 35.7 Å². The molecule has 6 heteroatoms. The molecule has 1 aliphatic carbocycles. The van der Waals surface area contributed by atoms with Crippen molar-refractivity contribution in [3.63, 3.8) is 0 Å². The number of nitrogens with zero attached hydrogens (tertiary/aromatic N) is 4. The van der Waals surface area contributed by atoms with Gasteiger partial charge in [0.1, 0.15) is 0 Å². The largest absolute Gasteiger partial charge is 0.330 e. The highest BCUT2D eigenvalue weighted by Gasteiger charge is 2.28. The van der Waals surface area contributed by atoms with Crippen molar-refractivity contribution in [2.75, 3.05) is 6.54 Å². The van der Waals surface area contributed by atoms with E-state index in [1.165, 1.54) is 19.3 Å². The van der Waals surface area contributed by atoms with E-state index in [-0.39, 0.29) is 0 Å². The molecule has 14 heavy (non-hydrogen) atoms. The lowest BCUT2D eigenvalue weighted by Crippen LogP contribution is -2.20.